The third-order valence-corrected chi connectivity index (χ3v) is 9.96. The standard InChI is InChI=1S/C41H46ClN3O7/c1-2-50-38(47)25-44-40(48)43-24-29-5-3-6-31(21-29)32-7-4-8-33(22-32)39-51-36(23-37(52-39)30-11-9-28(27-46)10-12-30)26-45-19-17-41(49,18-20-45)34-13-15-35(42)16-14-34/h3-16,21-22,36-37,39,46,49H,2,17-20,23-27H2,1H3,(H2,43,44,48)/t36-,37+,39+/m1/s1. The SMILES string of the molecule is CCOC(=O)CNC(=O)NCc1cccc(-c2cccc([C@H]3O[C@@H](CN4CCC(O)(c5ccc(Cl)cc5)CC4)C[C@@H](c4ccc(CO)cc4)O3)c2)c1. The normalized spacial score (nSPS) is 20.2. The van der Waals surface area contributed by atoms with Gasteiger partial charge in [-0.05, 0) is 77.4 Å². The summed E-state index contributed by atoms with van der Waals surface area (Å²) in [4.78, 5) is 26.1. The number of nitrogens with zero attached hydrogens (tertiary/aromatic N) is 1. The second kappa shape index (κ2) is 17.5. The molecule has 10 nitrogen and oxygen atoms in total. The predicted molar refractivity (Wildman–Crippen MR) is 198 cm³/mol. The zero-order chi connectivity index (χ0) is 36.5. The van der Waals surface area contributed by atoms with Crippen molar-refractivity contribution in [3.05, 3.63) is 130 Å². The van der Waals surface area contributed by atoms with Crippen molar-refractivity contribution in [2.75, 3.05) is 32.8 Å². The van der Waals surface area contributed by atoms with Crippen LogP contribution >= 0.6 is 11.6 Å². The lowest BCUT2D eigenvalue weighted by Crippen LogP contribution is -2.46. The fraction of sp³-hybridized carbons (Fsp3) is 0.366. The molecule has 0 bridgehead atoms. The first kappa shape index (κ1) is 37.5. The fourth-order valence-electron chi connectivity index (χ4n) is 6.81. The number of benzene rings is 4. The molecule has 2 heterocycles. The van der Waals surface area contributed by atoms with Crippen LogP contribution < -0.4 is 10.6 Å². The van der Waals surface area contributed by atoms with E-state index in [-0.39, 0.29) is 38.5 Å². The number of carbonyl (C=O) groups excluding carboxylic acids is 2. The zero-order valence-electron chi connectivity index (χ0n) is 29.3. The maximum atomic E-state index is 12.2. The summed E-state index contributed by atoms with van der Waals surface area (Å²) < 4.78 is 18.2. The molecule has 0 radical (unpaired) electrons. The van der Waals surface area contributed by atoms with Gasteiger partial charge in [0.15, 0.2) is 6.29 Å². The highest BCUT2D eigenvalue weighted by Gasteiger charge is 2.37. The molecule has 52 heavy (non-hydrogen) atoms. The summed E-state index contributed by atoms with van der Waals surface area (Å²) in [6.45, 7) is 4.19. The van der Waals surface area contributed by atoms with E-state index in [4.69, 9.17) is 25.8 Å². The Hall–Kier alpha value is -4.29. The van der Waals surface area contributed by atoms with E-state index in [0.717, 1.165) is 52.0 Å². The van der Waals surface area contributed by atoms with E-state index in [9.17, 15) is 19.8 Å². The first-order valence-corrected chi connectivity index (χ1v) is 18.2. The maximum absolute atomic E-state index is 12.2. The lowest BCUT2D eigenvalue weighted by Gasteiger charge is -2.42. The monoisotopic (exact) mass is 727 g/mol. The van der Waals surface area contributed by atoms with Gasteiger partial charge >= 0.3 is 12.0 Å². The molecule has 2 aliphatic rings. The number of halogens is 1. The Morgan fingerprint density at radius 2 is 1.60 bits per heavy atom. The summed E-state index contributed by atoms with van der Waals surface area (Å²) in [6.07, 6.45) is 0.917. The first-order valence-electron chi connectivity index (χ1n) is 17.8. The van der Waals surface area contributed by atoms with Crippen LogP contribution in [-0.2, 0) is 37.8 Å². The summed E-state index contributed by atoms with van der Waals surface area (Å²) in [7, 11) is 0. The minimum absolute atomic E-state index is 0.0236. The average Bonchev–Trinajstić information content (AvgIpc) is 3.17. The van der Waals surface area contributed by atoms with Gasteiger partial charge in [-0.2, -0.15) is 0 Å². The highest BCUT2D eigenvalue weighted by molar-refractivity contribution is 6.30. The van der Waals surface area contributed by atoms with E-state index < -0.39 is 23.9 Å². The molecule has 2 aliphatic heterocycles. The van der Waals surface area contributed by atoms with Crippen molar-refractivity contribution >= 4 is 23.6 Å². The molecule has 4 aromatic rings. The zero-order valence-corrected chi connectivity index (χ0v) is 30.1. The van der Waals surface area contributed by atoms with Gasteiger partial charge in [-0.15, -0.1) is 0 Å². The second-order valence-corrected chi connectivity index (χ2v) is 13.8. The number of nitrogens with one attached hydrogen (secondary N) is 2. The number of urea groups is 1. The van der Waals surface area contributed by atoms with Gasteiger partial charge < -0.3 is 40.0 Å². The van der Waals surface area contributed by atoms with Gasteiger partial charge in [0.2, 0.25) is 0 Å². The van der Waals surface area contributed by atoms with Crippen molar-refractivity contribution in [3.63, 3.8) is 0 Å². The molecule has 2 saturated heterocycles. The number of hydrogen-bond donors (Lipinski definition) is 4. The van der Waals surface area contributed by atoms with Crippen molar-refractivity contribution in [2.24, 2.45) is 0 Å². The Morgan fingerprint density at radius 1 is 0.885 bits per heavy atom. The largest absolute Gasteiger partial charge is 0.465 e. The average molecular weight is 728 g/mol. The molecule has 11 heteroatoms. The highest BCUT2D eigenvalue weighted by Crippen LogP contribution is 2.40. The van der Waals surface area contributed by atoms with Crippen LogP contribution in [0.2, 0.25) is 5.02 Å². The molecule has 4 N–H and O–H groups in total. The third kappa shape index (κ3) is 9.77. The number of aliphatic hydroxyl groups is 2. The van der Waals surface area contributed by atoms with E-state index in [1.54, 1.807) is 6.92 Å². The molecule has 3 atom stereocenters. The summed E-state index contributed by atoms with van der Waals surface area (Å²) in [5.74, 6) is -0.489. The molecule has 0 aliphatic carbocycles. The van der Waals surface area contributed by atoms with Gasteiger partial charge in [0.25, 0.3) is 0 Å². The van der Waals surface area contributed by atoms with Crippen molar-refractivity contribution in [3.8, 4) is 11.1 Å². The predicted octanol–water partition coefficient (Wildman–Crippen LogP) is 6.39. The number of likely N-dealkylation sites (tertiary alicyclic amines) is 1. The fourth-order valence-corrected chi connectivity index (χ4v) is 6.94. The topological polar surface area (TPSA) is 130 Å². The van der Waals surface area contributed by atoms with Crippen LogP contribution in [0.5, 0.6) is 0 Å². The van der Waals surface area contributed by atoms with Crippen LogP contribution in [0.25, 0.3) is 11.1 Å². The number of esters is 1. The van der Waals surface area contributed by atoms with Crippen molar-refractivity contribution in [1.29, 1.82) is 0 Å². The molecular weight excluding hydrogens is 682 g/mol. The molecule has 0 unspecified atom stereocenters. The Morgan fingerprint density at radius 3 is 2.31 bits per heavy atom. The lowest BCUT2D eigenvalue weighted by atomic mass is 9.84. The summed E-state index contributed by atoms with van der Waals surface area (Å²) in [5, 5.41) is 27.0. The lowest BCUT2D eigenvalue weighted by molar-refractivity contribution is -0.253. The maximum Gasteiger partial charge on any atom is 0.325 e. The Bertz CT molecular complexity index is 1800. The minimum Gasteiger partial charge on any atom is -0.465 e. The van der Waals surface area contributed by atoms with E-state index >= 15 is 0 Å². The Kier molecular flexibility index (Phi) is 12.6. The third-order valence-electron chi connectivity index (χ3n) is 9.71. The van der Waals surface area contributed by atoms with Gasteiger partial charge in [0, 0.05) is 43.2 Å². The van der Waals surface area contributed by atoms with Gasteiger partial charge in [0.05, 0.1) is 31.0 Å². The van der Waals surface area contributed by atoms with Crippen LogP contribution in [0.15, 0.2) is 97.1 Å². The molecule has 0 aromatic heterocycles. The molecule has 0 spiro atoms. The number of rotatable bonds is 12. The summed E-state index contributed by atoms with van der Waals surface area (Å²) in [5.41, 5.74) is 5.60. The molecule has 2 amide bonds. The quantitative estimate of drug-likeness (QED) is 0.124. The van der Waals surface area contributed by atoms with E-state index in [2.05, 4.69) is 21.6 Å². The first-order chi connectivity index (χ1) is 25.2. The molecular formula is C41H46ClN3O7. The van der Waals surface area contributed by atoms with Gasteiger partial charge in [-0.25, -0.2) is 4.79 Å². The van der Waals surface area contributed by atoms with Crippen LogP contribution in [0, 0.1) is 0 Å². The molecule has 2 fully saturated rings. The number of ether oxygens (including phenoxy) is 3. The van der Waals surface area contributed by atoms with Crippen LogP contribution in [-0.4, -0.2) is 66.0 Å². The van der Waals surface area contributed by atoms with E-state index in [1.807, 2.05) is 91.0 Å². The van der Waals surface area contributed by atoms with Gasteiger partial charge in [0.1, 0.15) is 6.54 Å². The highest BCUT2D eigenvalue weighted by atomic mass is 35.5. The number of hydrogen-bond acceptors (Lipinski definition) is 8. The number of amides is 2. The number of piperidine rings is 1. The van der Waals surface area contributed by atoms with Crippen LogP contribution in [0.4, 0.5) is 4.79 Å². The summed E-state index contributed by atoms with van der Waals surface area (Å²) in [6, 6.07) is 30.9. The van der Waals surface area contributed by atoms with Crippen LogP contribution in [0.1, 0.15) is 66.4 Å². The Labute approximate surface area is 309 Å². The molecule has 4 aromatic carbocycles. The van der Waals surface area contributed by atoms with E-state index in [0.29, 0.717) is 30.8 Å². The van der Waals surface area contributed by atoms with Crippen molar-refractivity contribution in [1.82, 2.24) is 15.5 Å². The second-order valence-electron chi connectivity index (χ2n) is 13.4. The molecule has 274 valence electrons. The van der Waals surface area contributed by atoms with Gasteiger partial charge in [-0.3, -0.25) is 4.79 Å². The number of aliphatic hydroxyl groups excluding tert-OH is 1. The van der Waals surface area contributed by atoms with Crippen molar-refractivity contribution < 1.29 is 34.0 Å². The Balaban J connectivity index is 1.14. The summed E-state index contributed by atoms with van der Waals surface area (Å²) >= 11 is 6.09. The number of carbonyl (C=O) groups is 2. The van der Waals surface area contributed by atoms with E-state index in [1.165, 1.54) is 0 Å². The van der Waals surface area contributed by atoms with Crippen molar-refractivity contribution in [2.45, 2.75) is 63.4 Å². The minimum atomic E-state index is -0.887. The van der Waals surface area contributed by atoms with Crippen LogP contribution in [0.3, 0.4) is 0 Å². The molecule has 0 saturated carbocycles. The van der Waals surface area contributed by atoms with Gasteiger partial charge in [-0.1, -0.05) is 84.4 Å². The molecule has 6 rings (SSSR count). The smallest absolute Gasteiger partial charge is 0.325 e.